The number of benzene rings is 3. The molecule has 1 heterocycles. The maximum absolute atomic E-state index is 13.6. The summed E-state index contributed by atoms with van der Waals surface area (Å²) in [6.07, 6.45) is 0. The first kappa shape index (κ1) is 18.3. The van der Waals surface area contributed by atoms with Crippen molar-refractivity contribution in [3.8, 4) is 0 Å². The highest BCUT2D eigenvalue weighted by atomic mass is 35.5. The molecule has 28 heavy (non-hydrogen) atoms. The van der Waals surface area contributed by atoms with Crippen molar-refractivity contribution in [2.45, 2.75) is 12.1 Å². The highest BCUT2D eigenvalue weighted by Crippen LogP contribution is 2.44. The van der Waals surface area contributed by atoms with Gasteiger partial charge in [-0.15, -0.1) is 11.6 Å². The van der Waals surface area contributed by atoms with E-state index in [1.165, 1.54) is 0 Å². The summed E-state index contributed by atoms with van der Waals surface area (Å²) in [7, 11) is 0. The number of rotatable bonds is 5. The van der Waals surface area contributed by atoms with Gasteiger partial charge in [-0.3, -0.25) is 9.69 Å². The quantitative estimate of drug-likeness (QED) is 0.363. The Morgan fingerprint density at radius 1 is 0.714 bits per heavy atom. The summed E-state index contributed by atoms with van der Waals surface area (Å²) in [6.45, 7) is 0.294. The van der Waals surface area contributed by atoms with Crippen molar-refractivity contribution in [1.82, 2.24) is 9.80 Å². The molecule has 3 aromatic rings. The van der Waals surface area contributed by atoms with Gasteiger partial charge in [0.15, 0.2) is 5.54 Å². The first-order valence-corrected chi connectivity index (χ1v) is 9.57. The lowest BCUT2D eigenvalue weighted by atomic mass is 9.81. The molecule has 0 spiro atoms. The van der Waals surface area contributed by atoms with Crippen LogP contribution in [0.1, 0.15) is 16.7 Å². The summed E-state index contributed by atoms with van der Waals surface area (Å²) in [5.41, 5.74) is 1.16. The molecule has 1 aliphatic rings. The van der Waals surface area contributed by atoms with Crippen molar-refractivity contribution in [2.24, 2.45) is 0 Å². The minimum Gasteiger partial charge on any atom is -0.297 e. The second-order valence-corrected chi connectivity index (χ2v) is 6.89. The molecule has 0 aromatic heterocycles. The van der Waals surface area contributed by atoms with Gasteiger partial charge in [0.1, 0.15) is 6.00 Å². The third-order valence-electron chi connectivity index (χ3n) is 5.11. The van der Waals surface area contributed by atoms with Crippen molar-refractivity contribution in [3.05, 3.63) is 108 Å². The fourth-order valence-electron chi connectivity index (χ4n) is 3.83. The molecule has 0 radical (unpaired) electrons. The molecular weight excluding hydrogens is 372 g/mol. The van der Waals surface area contributed by atoms with Crippen LogP contribution >= 0.6 is 11.6 Å². The molecule has 1 aliphatic heterocycles. The van der Waals surface area contributed by atoms with Crippen molar-refractivity contribution in [2.75, 3.05) is 6.00 Å². The van der Waals surface area contributed by atoms with Gasteiger partial charge in [-0.2, -0.15) is 0 Å². The van der Waals surface area contributed by atoms with E-state index in [1.807, 2.05) is 91.0 Å². The van der Waals surface area contributed by atoms with Gasteiger partial charge in [0.25, 0.3) is 5.91 Å². The van der Waals surface area contributed by atoms with Crippen molar-refractivity contribution < 1.29 is 9.59 Å². The van der Waals surface area contributed by atoms with Crippen LogP contribution in [0.4, 0.5) is 4.79 Å². The third-order valence-corrected chi connectivity index (χ3v) is 5.35. The van der Waals surface area contributed by atoms with Crippen molar-refractivity contribution >= 4 is 23.5 Å². The fourth-order valence-corrected chi connectivity index (χ4v) is 4.04. The Morgan fingerprint density at radius 2 is 1.18 bits per heavy atom. The number of halogens is 1. The lowest BCUT2D eigenvalue weighted by Gasteiger charge is -2.36. The van der Waals surface area contributed by atoms with Gasteiger partial charge in [0, 0.05) is 6.54 Å². The monoisotopic (exact) mass is 390 g/mol. The average molecular weight is 391 g/mol. The number of hydrogen-bond acceptors (Lipinski definition) is 2. The van der Waals surface area contributed by atoms with E-state index >= 15 is 0 Å². The molecular formula is C23H19ClN2O2. The molecule has 1 saturated heterocycles. The number of urea groups is 1. The fraction of sp³-hybridized carbons (Fsp3) is 0.130. The Hall–Kier alpha value is -3.11. The zero-order valence-electron chi connectivity index (χ0n) is 15.2. The highest BCUT2D eigenvalue weighted by Gasteiger charge is 2.59. The number of amides is 3. The van der Waals surface area contributed by atoms with Gasteiger partial charge >= 0.3 is 6.03 Å². The number of carbonyl (C=O) groups excluding carboxylic acids is 2. The van der Waals surface area contributed by atoms with Crippen LogP contribution < -0.4 is 0 Å². The summed E-state index contributed by atoms with van der Waals surface area (Å²) >= 11 is 6.03. The van der Waals surface area contributed by atoms with Crippen molar-refractivity contribution in [1.29, 1.82) is 0 Å². The first-order valence-electron chi connectivity index (χ1n) is 9.04. The topological polar surface area (TPSA) is 40.6 Å². The van der Waals surface area contributed by atoms with E-state index in [1.54, 1.807) is 4.90 Å². The Bertz CT molecular complexity index is 938. The Balaban J connectivity index is 1.97. The molecule has 4 nitrogen and oxygen atoms in total. The minimum absolute atomic E-state index is 0.190. The molecule has 0 saturated carbocycles. The molecule has 0 N–H and O–H groups in total. The predicted octanol–water partition coefficient (Wildman–Crippen LogP) is 4.59. The molecule has 140 valence electrons. The van der Waals surface area contributed by atoms with E-state index in [9.17, 15) is 9.59 Å². The molecule has 0 bridgehead atoms. The van der Waals surface area contributed by atoms with E-state index in [4.69, 9.17) is 11.6 Å². The second-order valence-electron chi connectivity index (χ2n) is 6.65. The average Bonchev–Trinajstić information content (AvgIpc) is 2.97. The van der Waals surface area contributed by atoms with Crippen LogP contribution in [0.2, 0.25) is 0 Å². The van der Waals surface area contributed by atoms with Gasteiger partial charge in [0.2, 0.25) is 0 Å². The minimum atomic E-state index is -1.26. The van der Waals surface area contributed by atoms with Gasteiger partial charge in [-0.05, 0) is 16.7 Å². The summed E-state index contributed by atoms with van der Waals surface area (Å²) in [5, 5.41) is 0. The maximum atomic E-state index is 13.6. The summed E-state index contributed by atoms with van der Waals surface area (Å²) < 4.78 is 0. The summed E-state index contributed by atoms with van der Waals surface area (Å²) in [6, 6.07) is 27.9. The highest BCUT2D eigenvalue weighted by molar-refractivity contribution is 6.22. The van der Waals surface area contributed by atoms with E-state index < -0.39 is 11.6 Å². The lowest BCUT2D eigenvalue weighted by molar-refractivity contribution is -0.131. The molecule has 1 fully saturated rings. The largest absolute Gasteiger partial charge is 0.329 e. The number of imide groups is 1. The van der Waals surface area contributed by atoms with E-state index in [-0.39, 0.29) is 11.9 Å². The predicted molar refractivity (Wildman–Crippen MR) is 109 cm³/mol. The van der Waals surface area contributed by atoms with Gasteiger partial charge in [0.05, 0.1) is 0 Å². The first-order chi connectivity index (χ1) is 13.7. The van der Waals surface area contributed by atoms with Crippen LogP contribution in [-0.4, -0.2) is 27.7 Å². The van der Waals surface area contributed by atoms with Gasteiger partial charge in [-0.1, -0.05) is 91.0 Å². The molecule has 3 amide bonds. The maximum Gasteiger partial charge on any atom is 0.329 e. The number of nitrogens with zero attached hydrogens (tertiary/aromatic N) is 2. The standard InChI is InChI=1S/C23H19ClN2O2/c24-17-25-21(27)23(19-12-6-2-7-13-19,20-14-8-3-9-15-20)26(22(25)28)16-18-10-4-1-5-11-18/h1-15H,16-17H2. The normalized spacial score (nSPS) is 15.9. The molecule has 5 heteroatoms. The van der Waals surface area contributed by atoms with E-state index in [0.717, 1.165) is 21.6 Å². The summed E-state index contributed by atoms with van der Waals surface area (Å²) in [4.78, 5) is 29.6. The smallest absolute Gasteiger partial charge is 0.297 e. The number of alkyl halides is 1. The molecule has 4 rings (SSSR count). The Kier molecular flexibility index (Phi) is 4.88. The molecule has 0 aliphatic carbocycles. The zero-order valence-corrected chi connectivity index (χ0v) is 15.9. The van der Waals surface area contributed by atoms with Crippen molar-refractivity contribution in [3.63, 3.8) is 0 Å². The van der Waals surface area contributed by atoms with Crippen LogP contribution in [0.15, 0.2) is 91.0 Å². The van der Waals surface area contributed by atoms with E-state index in [2.05, 4.69) is 0 Å². The SMILES string of the molecule is O=C1N(CCl)C(=O)C(c2ccccc2)(c2ccccc2)N1Cc1ccccc1. The van der Waals surface area contributed by atoms with Gasteiger partial charge < -0.3 is 0 Å². The van der Waals surface area contributed by atoms with Crippen LogP contribution in [0.25, 0.3) is 0 Å². The van der Waals surface area contributed by atoms with Crippen LogP contribution in [0.5, 0.6) is 0 Å². The van der Waals surface area contributed by atoms with Crippen LogP contribution in [0.3, 0.4) is 0 Å². The van der Waals surface area contributed by atoms with Gasteiger partial charge in [-0.25, -0.2) is 9.69 Å². The third kappa shape index (κ3) is 2.77. The Morgan fingerprint density at radius 3 is 1.64 bits per heavy atom. The molecule has 0 unspecified atom stereocenters. The second kappa shape index (κ2) is 7.49. The molecule has 0 atom stereocenters. The van der Waals surface area contributed by atoms with E-state index in [0.29, 0.717) is 6.54 Å². The lowest BCUT2D eigenvalue weighted by Crippen LogP contribution is -2.47. The van der Waals surface area contributed by atoms with Crippen LogP contribution in [-0.2, 0) is 16.9 Å². The molecule has 3 aromatic carbocycles. The summed E-state index contributed by atoms with van der Waals surface area (Å²) in [5.74, 6) is -0.333. The zero-order chi connectivity index (χ0) is 19.6. The number of hydrogen-bond donors (Lipinski definition) is 0. The number of carbonyl (C=O) groups is 2. The van der Waals surface area contributed by atoms with Crippen LogP contribution in [0, 0.1) is 0 Å². The Labute approximate surface area is 169 Å².